The Labute approximate surface area is 137 Å². The standard InChI is InChI=1S/C18H37N3O/c1-7-9-11-19(10-8-2)12-13-20-14-17(15(3)4)21(16(5)6)18(20)22/h15-17H,7-14H2,1-6H3. The van der Waals surface area contributed by atoms with E-state index in [0.717, 1.165) is 32.7 Å². The Hall–Kier alpha value is -0.770. The molecule has 0 aromatic carbocycles. The summed E-state index contributed by atoms with van der Waals surface area (Å²) in [5, 5.41) is 0. The number of urea groups is 1. The number of hydrogen-bond acceptors (Lipinski definition) is 2. The second-order valence-corrected chi connectivity index (χ2v) is 7.24. The summed E-state index contributed by atoms with van der Waals surface area (Å²) in [6.45, 7) is 18.2. The van der Waals surface area contributed by atoms with Crippen molar-refractivity contribution in [2.75, 3.05) is 32.7 Å². The third-order valence-electron chi connectivity index (χ3n) is 4.64. The van der Waals surface area contributed by atoms with Gasteiger partial charge in [-0.25, -0.2) is 4.79 Å². The molecular formula is C18H37N3O. The third-order valence-corrected chi connectivity index (χ3v) is 4.64. The van der Waals surface area contributed by atoms with Gasteiger partial charge in [0.1, 0.15) is 0 Å². The van der Waals surface area contributed by atoms with Gasteiger partial charge in [-0.3, -0.25) is 0 Å². The molecule has 1 heterocycles. The summed E-state index contributed by atoms with van der Waals surface area (Å²) in [6, 6.07) is 0.889. The Bertz CT molecular complexity index is 330. The molecule has 1 saturated heterocycles. The summed E-state index contributed by atoms with van der Waals surface area (Å²) < 4.78 is 0. The summed E-state index contributed by atoms with van der Waals surface area (Å²) in [5.74, 6) is 0.517. The summed E-state index contributed by atoms with van der Waals surface area (Å²) >= 11 is 0. The van der Waals surface area contributed by atoms with Gasteiger partial charge < -0.3 is 14.7 Å². The van der Waals surface area contributed by atoms with Crippen LogP contribution in [0.4, 0.5) is 4.79 Å². The largest absolute Gasteiger partial charge is 0.321 e. The zero-order valence-corrected chi connectivity index (χ0v) is 15.6. The van der Waals surface area contributed by atoms with Crippen molar-refractivity contribution in [2.45, 2.75) is 72.9 Å². The maximum Gasteiger partial charge on any atom is 0.320 e. The summed E-state index contributed by atoms with van der Waals surface area (Å²) in [4.78, 5) is 19.3. The molecule has 1 unspecified atom stereocenters. The summed E-state index contributed by atoms with van der Waals surface area (Å²) in [6.07, 6.45) is 3.67. The van der Waals surface area contributed by atoms with E-state index in [1.807, 2.05) is 0 Å². The van der Waals surface area contributed by atoms with Crippen molar-refractivity contribution in [2.24, 2.45) is 5.92 Å². The Morgan fingerprint density at radius 1 is 1.09 bits per heavy atom. The third kappa shape index (κ3) is 5.15. The highest BCUT2D eigenvalue weighted by Gasteiger charge is 2.39. The van der Waals surface area contributed by atoms with E-state index in [2.05, 4.69) is 56.2 Å². The molecule has 0 aliphatic carbocycles. The number of amides is 2. The number of carbonyl (C=O) groups is 1. The smallest absolute Gasteiger partial charge is 0.320 e. The average Bonchev–Trinajstić information content (AvgIpc) is 2.79. The highest BCUT2D eigenvalue weighted by atomic mass is 16.2. The Balaban J connectivity index is 2.59. The van der Waals surface area contributed by atoms with Crippen molar-refractivity contribution in [3.63, 3.8) is 0 Å². The molecule has 0 spiro atoms. The minimum absolute atomic E-state index is 0.237. The number of hydrogen-bond donors (Lipinski definition) is 0. The highest BCUT2D eigenvalue weighted by molar-refractivity contribution is 5.77. The van der Waals surface area contributed by atoms with E-state index in [4.69, 9.17) is 0 Å². The lowest BCUT2D eigenvalue weighted by molar-refractivity contribution is 0.160. The molecule has 1 aliphatic heterocycles. The fraction of sp³-hybridized carbons (Fsp3) is 0.944. The molecule has 1 aliphatic rings. The van der Waals surface area contributed by atoms with Crippen LogP contribution in [0.2, 0.25) is 0 Å². The van der Waals surface area contributed by atoms with Gasteiger partial charge in [-0.15, -0.1) is 0 Å². The first-order valence-corrected chi connectivity index (χ1v) is 9.21. The first-order valence-electron chi connectivity index (χ1n) is 9.21. The highest BCUT2D eigenvalue weighted by Crippen LogP contribution is 2.24. The van der Waals surface area contributed by atoms with Crippen molar-refractivity contribution in [1.82, 2.24) is 14.7 Å². The van der Waals surface area contributed by atoms with Crippen LogP contribution in [0.15, 0.2) is 0 Å². The monoisotopic (exact) mass is 311 g/mol. The van der Waals surface area contributed by atoms with Gasteiger partial charge in [-0.1, -0.05) is 34.1 Å². The average molecular weight is 312 g/mol. The molecular weight excluding hydrogens is 274 g/mol. The Morgan fingerprint density at radius 2 is 1.77 bits per heavy atom. The second kappa shape index (κ2) is 9.39. The zero-order chi connectivity index (χ0) is 16.7. The number of carbonyl (C=O) groups excluding carboxylic acids is 1. The van der Waals surface area contributed by atoms with Gasteiger partial charge in [0.2, 0.25) is 0 Å². The molecule has 1 fully saturated rings. The van der Waals surface area contributed by atoms with Crippen molar-refractivity contribution in [3.8, 4) is 0 Å². The molecule has 0 aromatic heterocycles. The van der Waals surface area contributed by atoms with Crippen LogP contribution in [0.3, 0.4) is 0 Å². The zero-order valence-electron chi connectivity index (χ0n) is 15.6. The van der Waals surface area contributed by atoms with Crippen LogP contribution in [0, 0.1) is 5.92 Å². The minimum Gasteiger partial charge on any atom is -0.321 e. The number of unbranched alkanes of at least 4 members (excludes halogenated alkanes) is 1. The van der Waals surface area contributed by atoms with E-state index >= 15 is 0 Å². The lowest BCUT2D eigenvalue weighted by Gasteiger charge is -2.29. The van der Waals surface area contributed by atoms with Gasteiger partial charge in [0, 0.05) is 25.7 Å². The van der Waals surface area contributed by atoms with Crippen molar-refractivity contribution in [3.05, 3.63) is 0 Å². The van der Waals surface area contributed by atoms with E-state index in [0.29, 0.717) is 12.0 Å². The summed E-state index contributed by atoms with van der Waals surface area (Å²) in [7, 11) is 0. The van der Waals surface area contributed by atoms with Gasteiger partial charge in [-0.2, -0.15) is 0 Å². The van der Waals surface area contributed by atoms with Crippen LogP contribution >= 0.6 is 0 Å². The molecule has 0 radical (unpaired) electrons. The van der Waals surface area contributed by atoms with Gasteiger partial charge in [0.05, 0.1) is 6.04 Å². The lowest BCUT2D eigenvalue weighted by Crippen LogP contribution is -2.43. The fourth-order valence-corrected chi connectivity index (χ4v) is 3.32. The first-order chi connectivity index (χ1) is 10.4. The Morgan fingerprint density at radius 3 is 2.23 bits per heavy atom. The predicted molar refractivity (Wildman–Crippen MR) is 94.2 cm³/mol. The molecule has 2 amide bonds. The molecule has 22 heavy (non-hydrogen) atoms. The van der Waals surface area contributed by atoms with Crippen LogP contribution in [0.25, 0.3) is 0 Å². The van der Waals surface area contributed by atoms with Crippen molar-refractivity contribution < 1.29 is 4.79 Å². The SMILES string of the molecule is CCCCN(CCC)CCN1CC(C(C)C)N(C(C)C)C1=O. The van der Waals surface area contributed by atoms with Gasteiger partial charge in [0.25, 0.3) is 0 Å². The minimum atomic E-state index is 0.237. The quantitative estimate of drug-likeness (QED) is 0.615. The van der Waals surface area contributed by atoms with E-state index in [9.17, 15) is 4.79 Å². The molecule has 0 N–H and O–H groups in total. The lowest BCUT2D eigenvalue weighted by atomic mass is 10.0. The summed E-state index contributed by atoms with van der Waals surface area (Å²) in [5.41, 5.74) is 0. The van der Waals surface area contributed by atoms with Crippen LogP contribution in [0.1, 0.15) is 60.8 Å². The topological polar surface area (TPSA) is 26.8 Å². The molecule has 0 bridgehead atoms. The van der Waals surface area contributed by atoms with Crippen LogP contribution < -0.4 is 0 Å². The van der Waals surface area contributed by atoms with Gasteiger partial charge >= 0.3 is 6.03 Å². The van der Waals surface area contributed by atoms with E-state index in [1.165, 1.54) is 19.3 Å². The fourth-order valence-electron chi connectivity index (χ4n) is 3.32. The first kappa shape index (κ1) is 19.3. The molecule has 1 rings (SSSR count). The number of nitrogens with zero attached hydrogens (tertiary/aromatic N) is 3. The Kier molecular flexibility index (Phi) is 8.23. The number of rotatable bonds is 10. The molecule has 0 aromatic rings. The van der Waals surface area contributed by atoms with Gasteiger partial charge in [-0.05, 0) is 45.7 Å². The van der Waals surface area contributed by atoms with E-state index in [-0.39, 0.29) is 12.1 Å². The van der Waals surface area contributed by atoms with Gasteiger partial charge in [0.15, 0.2) is 0 Å². The molecule has 130 valence electrons. The predicted octanol–water partition coefficient (Wildman–Crippen LogP) is 3.67. The molecule has 4 heteroatoms. The van der Waals surface area contributed by atoms with Crippen LogP contribution in [0.5, 0.6) is 0 Å². The van der Waals surface area contributed by atoms with E-state index < -0.39 is 0 Å². The van der Waals surface area contributed by atoms with Crippen molar-refractivity contribution in [1.29, 1.82) is 0 Å². The molecule has 1 atom stereocenters. The second-order valence-electron chi connectivity index (χ2n) is 7.24. The molecule has 4 nitrogen and oxygen atoms in total. The van der Waals surface area contributed by atoms with E-state index in [1.54, 1.807) is 0 Å². The molecule has 0 saturated carbocycles. The van der Waals surface area contributed by atoms with Crippen LogP contribution in [-0.2, 0) is 0 Å². The van der Waals surface area contributed by atoms with Crippen molar-refractivity contribution >= 4 is 6.03 Å². The van der Waals surface area contributed by atoms with Crippen LogP contribution in [-0.4, -0.2) is 65.5 Å². The normalized spacial score (nSPS) is 19.3. The maximum atomic E-state index is 12.7. The maximum absolute atomic E-state index is 12.7.